The maximum atomic E-state index is 13.3. The van der Waals surface area contributed by atoms with Crippen molar-refractivity contribution in [1.29, 1.82) is 0 Å². The van der Waals surface area contributed by atoms with E-state index in [1.807, 2.05) is 48.6 Å². The average molecular weight is 419 g/mol. The van der Waals surface area contributed by atoms with Crippen molar-refractivity contribution in [3.8, 4) is 11.3 Å². The van der Waals surface area contributed by atoms with Crippen molar-refractivity contribution in [2.24, 2.45) is 7.05 Å². The van der Waals surface area contributed by atoms with Gasteiger partial charge in [-0.15, -0.1) is 0 Å². The molecule has 1 aliphatic rings. The summed E-state index contributed by atoms with van der Waals surface area (Å²) in [6, 6.07) is 17.2. The standard InChI is InChI=1S/C23H19ClN4O2/c1-27-12-17(11-25-27)20-14-28(13-16-5-2-3-8-19(16)20)23(29)21-10-22(30-26-21)15-6-4-7-18(24)9-15/h2-12,20H,13-14H2,1H3. The molecule has 0 bridgehead atoms. The van der Waals surface area contributed by atoms with Crippen LogP contribution in [0.1, 0.15) is 33.1 Å². The van der Waals surface area contributed by atoms with E-state index < -0.39 is 0 Å². The maximum Gasteiger partial charge on any atom is 0.276 e. The first-order valence-electron chi connectivity index (χ1n) is 9.67. The fraction of sp³-hybridized carbons (Fsp3) is 0.174. The van der Waals surface area contributed by atoms with Gasteiger partial charge in [-0.1, -0.05) is 53.2 Å². The Hall–Kier alpha value is -3.38. The van der Waals surface area contributed by atoms with Crippen molar-refractivity contribution in [1.82, 2.24) is 19.8 Å². The third-order valence-corrected chi connectivity index (χ3v) is 5.68. The summed E-state index contributed by atoms with van der Waals surface area (Å²) >= 11 is 6.07. The van der Waals surface area contributed by atoms with E-state index in [0.29, 0.717) is 23.9 Å². The summed E-state index contributed by atoms with van der Waals surface area (Å²) in [5.74, 6) is 0.421. The number of carbonyl (C=O) groups is 1. The van der Waals surface area contributed by atoms with Crippen LogP contribution in [0, 0.1) is 0 Å². The van der Waals surface area contributed by atoms with E-state index in [1.54, 1.807) is 22.9 Å². The molecule has 2 aromatic carbocycles. The number of carbonyl (C=O) groups excluding carboxylic acids is 1. The highest BCUT2D eigenvalue weighted by Crippen LogP contribution is 2.34. The molecular weight excluding hydrogens is 400 g/mol. The van der Waals surface area contributed by atoms with Crippen LogP contribution in [-0.4, -0.2) is 32.3 Å². The van der Waals surface area contributed by atoms with E-state index in [2.05, 4.69) is 22.4 Å². The van der Waals surface area contributed by atoms with Crippen LogP contribution in [0.15, 0.2) is 71.5 Å². The van der Waals surface area contributed by atoms with Gasteiger partial charge in [-0.3, -0.25) is 9.48 Å². The second kappa shape index (κ2) is 7.46. The molecule has 0 N–H and O–H groups in total. The molecule has 0 saturated carbocycles. The molecule has 0 fully saturated rings. The lowest BCUT2D eigenvalue weighted by Crippen LogP contribution is -2.38. The highest BCUT2D eigenvalue weighted by Gasteiger charge is 2.31. The van der Waals surface area contributed by atoms with Crippen molar-refractivity contribution in [2.45, 2.75) is 12.5 Å². The third-order valence-electron chi connectivity index (χ3n) is 5.45. The number of aromatic nitrogens is 3. The van der Waals surface area contributed by atoms with Gasteiger partial charge in [-0.25, -0.2) is 0 Å². The molecule has 0 spiro atoms. The summed E-state index contributed by atoms with van der Waals surface area (Å²) in [6.07, 6.45) is 3.87. The Labute approximate surface area is 178 Å². The summed E-state index contributed by atoms with van der Waals surface area (Å²) in [7, 11) is 1.90. The summed E-state index contributed by atoms with van der Waals surface area (Å²) < 4.78 is 7.22. The van der Waals surface area contributed by atoms with Crippen LogP contribution in [0.25, 0.3) is 11.3 Å². The van der Waals surface area contributed by atoms with E-state index in [1.165, 1.54) is 5.56 Å². The molecular formula is C23H19ClN4O2. The molecule has 3 heterocycles. The molecule has 0 radical (unpaired) electrons. The predicted molar refractivity (Wildman–Crippen MR) is 113 cm³/mol. The van der Waals surface area contributed by atoms with Crippen molar-refractivity contribution >= 4 is 17.5 Å². The average Bonchev–Trinajstić information content (AvgIpc) is 3.42. The zero-order chi connectivity index (χ0) is 20.7. The smallest absolute Gasteiger partial charge is 0.276 e. The van der Waals surface area contributed by atoms with E-state index in [9.17, 15) is 4.79 Å². The normalized spacial score (nSPS) is 15.8. The second-order valence-corrected chi connectivity index (χ2v) is 7.91. The number of hydrogen-bond acceptors (Lipinski definition) is 4. The Morgan fingerprint density at radius 3 is 2.83 bits per heavy atom. The molecule has 1 unspecified atom stereocenters. The molecule has 5 rings (SSSR count). The number of amides is 1. The number of hydrogen-bond donors (Lipinski definition) is 0. The number of aryl methyl sites for hydroxylation is 1. The number of rotatable bonds is 3. The van der Waals surface area contributed by atoms with Gasteiger partial charge in [0.05, 0.1) is 6.20 Å². The van der Waals surface area contributed by atoms with Crippen LogP contribution in [-0.2, 0) is 13.6 Å². The van der Waals surface area contributed by atoms with Gasteiger partial charge in [0.1, 0.15) is 0 Å². The number of nitrogens with zero attached hydrogens (tertiary/aromatic N) is 4. The summed E-state index contributed by atoms with van der Waals surface area (Å²) in [5, 5.41) is 8.94. The third kappa shape index (κ3) is 3.39. The van der Waals surface area contributed by atoms with Gasteiger partial charge in [0, 0.05) is 48.9 Å². The lowest BCUT2D eigenvalue weighted by atomic mass is 9.86. The quantitative estimate of drug-likeness (QED) is 0.490. The predicted octanol–water partition coefficient (Wildman–Crippen LogP) is 4.52. The molecule has 1 amide bonds. The van der Waals surface area contributed by atoms with Crippen LogP contribution < -0.4 is 0 Å². The molecule has 30 heavy (non-hydrogen) atoms. The summed E-state index contributed by atoms with van der Waals surface area (Å²) in [5.41, 5.74) is 4.52. The molecule has 2 aromatic heterocycles. The summed E-state index contributed by atoms with van der Waals surface area (Å²) in [6.45, 7) is 1.09. The lowest BCUT2D eigenvalue weighted by Gasteiger charge is -2.34. The van der Waals surface area contributed by atoms with Crippen LogP contribution in [0.4, 0.5) is 0 Å². The number of halogens is 1. The molecule has 0 aliphatic carbocycles. The Kier molecular flexibility index (Phi) is 4.64. The zero-order valence-corrected chi connectivity index (χ0v) is 17.1. The topological polar surface area (TPSA) is 64.2 Å². The fourth-order valence-corrected chi connectivity index (χ4v) is 4.17. The first-order chi connectivity index (χ1) is 14.6. The van der Waals surface area contributed by atoms with Crippen LogP contribution >= 0.6 is 11.6 Å². The molecule has 6 nitrogen and oxygen atoms in total. The maximum absolute atomic E-state index is 13.3. The summed E-state index contributed by atoms with van der Waals surface area (Å²) in [4.78, 5) is 15.1. The molecule has 4 aromatic rings. The minimum atomic E-state index is -0.157. The lowest BCUT2D eigenvalue weighted by molar-refractivity contribution is 0.0714. The molecule has 7 heteroatoms. The van der Waals surface area contributed by atoms with Gasteiger partial charge in [0.2, 0.25) is 0 Å². The molecule has 1 aliphatic heterocycles. The highest BCUT2D eigenvalue weighted by molar-refractivity contribution is 6.30. The monoisotopic (exact) mass is 418 g/mol. The first-order valence-corrected chi connectivity index (χ1v) is 10.0. The second-order valence-electron chi connectivity index (χ2n) is 7.47. The van der Waals surface area contributed by atoms with Gasteiger partial charge in [0.25, 0.3) is 5.91 Å². The molecule has 150 valence electrons. The van der Waals surface area contributed by atoms with E-state index >= 15 is 0 Å². The largest absolute Gasteiger partial charge is 0.355 e. The zero-order valence-electron chi connectivity index (χ0n) is 16.3. The Balaban J connectivity index is 1.45. The van der Waals surface area contributed by atoms with Crippen LogP contribution in [0.2, 0.25) is 5.02 Å². The number of fused-ring (bicyclic) bond motifs is 1. The molecule has 1 atom stereocenters. The SMILES string of the molecule is Cn1cc(C2CN(C(=O)c3cc(-c4cccc(Cl)c4)on3)Cc3ccccc32)cn1. The first kappa shape index (κ1) is 18.6. The Morgan fingerprint density at radius 1 is 1.17 bits per heavy atom. The van der Waals surface area contributed by atoms with Gasteiger partial charge in [0.15, 0.2) is 11.5 Å². The minimum Gasteiger partial charge on any atom is -0.355 e. The van der Waals surface area contributed by atoms with Gasteiger partial charge >= 0.3 is 0 Å². The molecule has 0 saturated heterocycles. The van der Waals surface area contributed by atoms with Crippen molar-refractivity contribution < 1.29 is 9.32 Å². The van der Waals surface area contributed by atoms with E-state index in [-0.39, 0.29) is 17.5 Å². The van der Waals surface area contributed by atoms with Gasteiger partial charge in [-0.2, -0.15) is 5.10 Å². The fourth-order valence-electron chi connectivity index (χ4n) is 3.98. The van der Waals surface area contributed by atoms with Crippen molar-refractivity contribution in [3.05, 3.63) is 94.4 Å². The Morgan fingerprint density at radius 2 is 2.03 bits per heavy atom. The van der Waals surface area contributed by atoms with Crippen LogP contribution in [0.5, 0.6) is 0 Å². The highest BCUT2D eigenvalue weighted by atomic mass is 35.5. The minimum absolute atomic E-state index is 0.0619. The van der Waals surface area contributed by atoms with E-state index in [0.717, 1.165) is 16.7 Å². The van der Waals surface area contributed by atoms with Crippen molar-refractivity contribution in [2.75, 3.05) is 6.54 Å². The Bertz CT molecular complexity index is 1230. The van der Waals surface area contributed by atoms with Gasteiger partial charge < -0.3 is 9.42 Å². The van der Waals surface area contributed by atoms with Crippen LogP contribution in [0.3, 0.4) is 0 Å². The van der Waals surface area contributed by atoms with E-state index in [4.69, 9.17) is 16.1 Å². The van der Waals surface area contributed by atoms with Gasteiger partial charge in [-0.05, 0) is 28.8 Å². The van der Waals surface area contributed by atoms with Crippen molar-refractivity contribution in [3.63, 3.8) is 0 Å². The number of benzene rings is 2.